The van der Waals surface area contributed by atoms with Crippen LogP contribution in [0.5, 0.6) is 0 Å². The molecule has 0 aromatic heterocycles. The molecule has 1 fully saturated rings. The van der Waals surface area contributed by atoms with Gasteiger partial charge in [0.05, 0.1) is 18.9 Å². The smallest absolute Gasteiger partial charge is 0.222 e. The summed E-state index contributed by atoms with van der Waals surface area (Å²) in [5.41, 5.74) is 0.942. The summed E-state index contributed by atoms with van der Waals surface area (Å²) in [7, 11) is 1.53. The van der Waals surface area contributed by atoms with Gasteiger partial charge in [-0.05, 0) is 20.3 Å². The molecule has 5 nitrogen and oxygen atoms in total. The average Bonchev–Trinajstić information content (AvgIpc) is 2.31. The zero-order valence-corrected chi connectivity index (χ0v) is 11.4. The molecule has 0 aromatic rings. The Balaban J connectivity index is 0.000000366. The van der Waals surface area contributed by atoms with Crippen LogP contribution in [0.15, 0.2) is 5.16 Å². The number of carbonyl (C=O) groups is 1. The van der Waals surface area contributed by atoms with Crippen LogP contribution in [0.3, 0.4) is 0 Å². The number of oxime groups is 1. The van der Waals surface area contributed by atoms with Crippen molar-refractivity contribution in [3.8, 4) is 0 Å². The van der Waals surface area contributed by atoms with Crippen molar-refractivity contribution in [1.29, 1.82) is 0 Å². The summed E-state index contributed by atoms with van der Waals surface area (Å²) in [5.74, 6) is 0.274. The molecular formula is C12H24N2O3. The average molecular weight is 244 g/mol. The molecule has 0 N–H and O–H groups in total. The highest BCUT2D eigenvalue weighted by Crippen LogP contribution is 2.01. The van der Waals surface area contributed by atoms with Gasteiger partial charge < -0.3 is 14.5 Å². The maximum absolute atomic E-state index is 11.3. The first-order valence-corrected chi connectivity index (χ1v) is 6.01. The lowest BCUT2D eigenvalue weighted by molar-refractivity contribution is -0.135. The fourth-order valence-electron chi connectivity index (χ4n) is 1.37. The van der Waals surface area contributed by atoms with Crippen LogP contribution >= 0.6 is 0 Å². The number of hydrogen-bond donors (Lipinski definition) is 0. The molecule has 1 aliphatic rings. The van der Waals surface area contributed by atoms with Crippen LogP contribution < -0.4 is 0 Å². The van der Waals surface area contributed by atoms with Crippen LogP contribution in [-0.2, 0) is 14.4 Å². The largest absolute Gasteiger partial charge is 0.399 e. The van der Waals surface area contributed by atoms with E-state index in [0.29, 0.717) is 19.6 Å². The summed E-state index contributed by atoms with van der Waals surface area (Å²) < 4.78 is 5.13. The topological polar surface area (TPSA) is 51.1 Å². The van der Waals surface area contributed by atoms with E-state index in [1.165, 1.54) is 7.11 Å². The maximum Gasteiger partial charge on any atom is 0.222 e. The van der Waals surface area contributed by atoms with Gasteiger partial charge in [-0.1, -0.05) is 12.1 Å². The van der Waals surface area contributed by atoms with Crippen molar-refractivity contribution in [1.82, 2.24) is 4.90 Å². The van der Waals surface area contributed by atoms with Gasteiger partial charge in [0.2, 0.25) is 5.91 Å². The predicted octanol–water partition coefficient (Wildman–Crippen LogP) is 1.67. The monoisotopic (exact) mass is 244 g/mol. The molecule has 1 amide bonds. The molecule has 1 saturated heterocycles. The number of rotatable bonds is 3. The van der Waals surface area contributed by atoms with E-state index in [0.717, 1.165) is 25.2 Å². The van der Waals surface area contributed by atoms with Crippen molar-refractivity contribution in [2.75, 3.05) is 33.4 Å². The summed E-state index contributed by atoms with van der Waals surface area (Å²) >= 11 is 0. The SMILES string of the molecule is CCCC(=O)N1CCOCC1.CON=C(C)C. The van der Waals surface area contributed by atoms with Gasteiger partial charge in [-0.3, -0.25) is 4.79 Å². The third-order valence-corrected chi connectivity index (χ3v) is 2.10. The van der Waals surface area contributed by atoms with Gasteiger partial charge in [-0.2, -0.15) is 0 Å². The molecule has 0 bridgehead atoms. The Bertz CT molecular complexity index is 232. The van der Waals surface area contributed by atoms with Crippen molar-refractivity contribution < 1.29 is 14.4 Å². The third-order valence-electron chi connectivity index (χ3n) is 2.10. The molecule has 0 aromatic carbocycles. The van der Waals surface area contributed by atoms with Crippen LogP contribution in [0.2, 0.25) is 0 Å². The molecule has 0 spiro atoms. The molecule has 0 unspecified atom stereocenters. The van der Waals surface area contributed by atoms with Crippen LogP contribution in [0.1, 0.15) is 33.6 Å². The molecule has 1 rings (SSSR count). The van der Waals surface area contributed by atoms with Crippen molar-refractivity contribution in [3.63, 3.8) is 0 Å². The molecule has 0 aliphatic carbocycles. The van der Waals surface area contributed by atoms with Crippen LogP contribution in [0, 0.1) is 0 Å². The van der Waals surface area contributed by atoms with Gasteiger partial charge in [0.1, 0.15) is 7.11 Å². The lowest BCUT2D eigenvalue weighted by atomic mass is 10.3. The molecule has 1 heterocycles. The molecule has 0 radical (unpaired) electrons. The first-order chi connectivity index (χ1) is 8.11. The Labute approximate surface area is 104 Å². The second kappa shape index (κ2) is 10.1. The number of nitrogens with zero attached hydrogens (tertiary/aromatic N) is 2. The molecule has 0 saturated carbocycles. The lowest BCUT2D eigenvalue weighted by Gasteiger charge is -2.26. The van der Waals surface area contributed by atoms with Gasteiger partial charge in [0, 0.05) is 19.5 Å². The Morgan fingerprint density at radius 3 is 2.29 bits per heavy atom. The fourth-order valence-corrected chi connectivity index (χ4v) is 1.37. The highest BCUT2D eigenvalue weighted by molar-refractivity contribution is 5.78. The quantitative estimate of drug-likeness (QED) is 0.560. The number of hydrogen-bond acceptors (Lipinski definition) is 4. The van der Waals surface area contributed by atoms with Gasteiger partial charge in [-0.25, -0.2) is 0 Å². The van der Waals surface area contributed by atoms with E-state index in [4.69, 9.17) is 4.74 Å². The molecule has 100 valence electrons. The molecule has 1 aliphatic heterocycles. The summed E-state index contributed by atoms with van der Waals surface area (Å²) in [6, 6.07) is 0. The van der Waals surface area contributed by atoms with E-state index in [-0.39, 0.29) is 5.91 Å². The standard InChI is InChI=1S/C8H15NO2.C4H9NO/c1-2-3-8(10)9-4-6-11-7-5-9;1-4(2)5-6-3/h2-7H2,1H3;1-3H3. The minimum absolute atomic E-state index is 0.274. The minimum atomic E-state index is 0.274. The number of carbonyl (C=O) groups excluding carboxylic acids is 1. The van der Waals surface area contributed by atoms with E-state index in [9.17, 15) is 4.79 Å². The molecule has 17 heavy (non-hydrogen) atoms. The van der Waals surface area contributed by atoms with Crippen molar-refractivity contribution in [3.05, 3.63) is 0 Å². The number of morpholine rings is 1. The van der Waals surface area contributed by atoms with Crippen molar-refractivity contribution >= 4 is 11.6 Å². The Morgan fingerprint density at radius 1 is 1.35 bits per heavy atom. The Hall–Kier alpha value is -1.10. The summed E-state index contributed by atoms with van der Waals surface area (Å²) in [6.45, 7) is 8.74. The van der Waals surface area contributed by atoms with Crippen LogP contribution in [0.25, 0.3) is 0 Å². The highest BCUT2D eigenvalue weighted by Gasteiger charge is 2.14. The fraction of sp³-hybridized carbons (Fsp3) is 0.833. The van der Waals surface area contributed by atoms with Crippen LogP contribution in [-0.4, -0.2) is 49.9 Å². The van der Waals surface area contributed by atoms with Gasteiger partial charge in [0.25, 0.3) is 0 Å². The second-order valence-corrected chi connectivity index (χ2v) is 3.96. The van der Waals surface area contributed by atoms with Crippen molar-refractivity contribution in [2.24, 2.45) is 5.16 Å². The van der Waals surface area contributed by atoms with E-state index >= 15 is 0 Å². The first kappa shape index (κ1) is 15.9. The molecular weight excluding hydrogens is 220 g/mol. The van der Waals surface area contributed by atoms with Crippen LogP contribution in [0.4, 0.5) is 0 Å². The Morgan fingerprint density at radius 2 is 1.94 bits per heavy atom. The summed E-state index contributed by atoms with van der Waals surface area (Å²) in [6.07, 6.45) is 1.62. The van der Waals surface area contributed by atoms with E-state index < -0.39 is 0 Å². The maximum atomic E-state index is 11.3. The third kappa shape index (κ3) is 8.68. The molecule has 0 atom stereocenters. The second-order valence-electron chi connectivity index (χ2n) is 3.96. The Kier molecular flexibility index (Phi) is 9.43. The van der Waals surface area contributed by atoms with E-state index in [1.807, 2.05) is 25.7 Å². The summed E-state index contributed by atoms with van der Waals surface area (Å²) in [4.78, 5) is 17.5. The normalized spacial score (nSPS) is 14.5. The highest BCUT2D eigenvalue weighted by atomic mass is 16.6. The minimum Gasteiger partial charge on any atom is -0.399 e. The van der Waals surface area contributed by atoms with E-state index in [2.05, 4.69) is 9.99 Å². The predicted molar refractivity (Wildman–Crippen MR) is 68.1 cm³/mol. The van der Waals surface area contributed by atoms with Gasteiger partial charge in [-0.15, -0.1) is 0 Å². The van der Waals surface area contributed by atoms with Gasteiger partial charge in [0.15, 0.2) is 0 Å². The van der Waals surface area contributed by atoms with Crippen molar-refractivity contribution in [2.45, 2.75) is 33.6 Å². The van der Waals surface area contributed by atoms with E-state index in [1.54, 1.807) is 0 Å². The summed E-state index contributed by atoms with van der Waals surface area (Å²) in [5, 5.41) is 3.54. The first-order valence-electron chi connectivity index (χ1n) is 6.01. The number of amides is 1. The number of ether oxygens (including phenoxy) is 1. The zero-order valence-electron chi connectivity index (χ0n) is 11.4. The zero-order chi connectivity index (χ0) is 13.1. The lowest BCUT2D eigenvalue weighted by Crippen LogP contribution is -2.40. The van der Waals surface area contributed by atoms with Gasteiger partial charge >= 0.3 is 0 Å². The molecule has 5 heteroatoms.